The van der Waals surface area contributed by atoms with Gasteiger partial charge in [-0.2, -0.15) is 5.10 Å². The highest BCUT2D eigenvalue weighted by molar-refractivity contribution is 6.04. The van der Waals surface area contributed by atoms with Gasteiger partial charge in [-0.25, -0.2) is 4.98 Å². The fourth-order valence-electron chi connectivity index (χ4n) is 4.05. The van der Waals surface area contributed by atoms with Crippen molar-refractivity contribution in [3.63, 3.8) is 0 Å². The van der Waals surface area contributed by atoms with Gasteiger partial charge in [0.05, 0.1) is 24.4 Å². The number of ether oxygens (including phenoxy) is 2. The zero-order valence-corrected chi connectivity index (χ0v) is 19.8. The predicted molar refractivity (Wildman–Crippen MR) is 127 cm³/mol. The van der Waals surface area contributed by atoms with E-state index in [1.165, 1.54) is 0 Å². The molecule has 1 aromatic carbocycles. The van der Waals surface area contributed by atoms with Gasteiger partial charge in [0.1, 0.15) is 23.7 Å². The lowest BCUT2D eigenvalue weighted by molar-refractivity contribution is 0.00434. The minimum Gasteiger partial charge on any atom is -0.476 e. The van der Waals surface area contributed by atoms with Crippen molar-refractivity contribution in [3.05, 3.63) is 35.2 Å². The van der Waals surface area contributed by atoms with Gasteiger partial charge in [-0.15, -0.1) is 0 Å². The number of nitrogens with zero attached hydrogens (tertiary/aromatic N) is 5. The van der Waals surface area contributed by atoms with Crippen molar-refractivity contribution in [2.75, 3.05) is 38.4 Å². The summed E-state index contributed by atoms with van der Waals surface area (Å²) < 4.78 is 15.1. The number of rotatable bonds is 9. The third-order valence-electron chi connectivity index (χ3n) is 5.70. The molecule has 34 heavy (non-hydrogen) atoms. The summed E-state index contributed by atoms with van der Waals surface area (Å²) in [6.07, 6.45) is 0.806. The van der Waals surface area contributed by atoms with Crippen molar-refractivity contribution in [2.45, 2.75) is 40.3 Å². The number of aryl methyl sites for hydroxylation is 3. The first-order valence-corrected chi connectivity index (χ1v) is 11.5. The summed E-state index contributed by atoms with van der Waals surface area (Å²) in [4.78, 5) is 31.8. The minimum absolute atomic E-state index is 0.295. The molecule has 11 nitrogen and oxygen atoms in total. The van der Waals surface area contributed by atoms with Crippen molar-refractivity contribution in [2.24, 2.45) is 5.73 Å². The second kappa shape index (κ2) is 10.2. The number of anilines is 1. The summed E-state index contributed by atoms with van der Waals surface area (Å²) in [7, 11) is 0. The van der Waals surface area contributed by atoms with E-state index in [9.17, 15) is 9.59 Å². The topological polar surface area (TPSA) is 130 Å². The lowest BCUT2D eigenvalue weighted by Crippen LogP contribution is -2.38. The first-order chi connectivity index (χ1) is 16.4. The Labute approximate surface area is 197 Å². The Morgan fingerprint density at radius 2 is 1.97 bits per heavy atom. The van der Waals surface area contributed by atoms with Crippen LogP contribution in [0.4, 0.5) is 5.95 Å². The van der Waals surface area contributed by atoms with Crippen molar-refractivity contribution >= 4 is 28.8 Å². The Balaban J connectivity index is 1.72. The van der Waals surface area contributed by atoms with E-state index in [1.807, 2.05) is 25.3 Å². The van der Waals surface area contributed by atoms with Gasteiger partial charge in [-0.1, -0.05) is 6.92 Å². The largest absolute Gasteiger partial charge is 0.476 e. The summed E-state index contributed by atoms with van der Waals surface area (Å²) in [5, 5.41) is 7.27. The number of carbonyl (C=O) groups excluding carboxylic acids is 2. The minimum atomic E-state index is -0.573. The number of nitrogens with two attached hydrogens (primary N) is 1. The highest BCUT2D eigenvalue weighted by Crippen LogP contribution is 2.31. The Morgan fingerprint density at radius 3 is 2.65 bits per heavy atom. The second-order valence-electron chi connectivity index (χ2n) is 8.24. The van der Waals surface area contributed by atoms with Gasteiger partial charge in [0.15, 0.2) is 0 Å². The Bertz CT molecular complexity index is 1190. The van der Waals surface area contributed by atoms with E-state index in [1.54, 1.807) is 22.9 Å². The Kier molecular flexibility index (Phi) is 7.13. The van der Waals surface area contributed by atoms with E-state index in [-0.39, 0.29) is 5.91 Å². The van der Waals surface area contributed by atoms with E-state index >= 15 is 0 Å². The fraction of sp³-hybridized carbons (Fsp3) is 0.478. The highest BCUT2D eigenvalue weighted by Gasteiger charge is 2.22. The SMILES string of the molecule is CCCn1c(NC(=O)c2cc(C)nn2CC)nc2cc(C(N)=O)cc(OCN3CCOCC3)c21. The zero-order valence-electron chi connectivity index (χ0n) is 19.8. The molecule has 11 heteroatoms. The molecule has 0 atom stereocenters. The van der Waals surface area contributed by atoms with Gasteiger partial charge in [-0.3, -0.25) is 24.5 Å². The standard InChI is InChI=1S/C23H31N7O4/c1-4-6-29-20-17(25-23(29)26-22(32)18-11-15(3)27-30(18)5-2)12-16(21(24)31)13-19(20)34-14-28-7-9-33-10-8-28/h11-13H,4-10,14H2,1-3H3,(H2,24,31)(H,25,26,32). The number of imidazole rings is 1. The average molecular weight is 470 g/mol. The fourth-order valence-corrected chi connectivity index (χ4v) is 4.05. The normalized spacial score (nSPS) is 14.4. The van der Waals surface area contributed by atoms with E-state index in [0.717, 1.165) is 25.2 Å². The summed E-state index contributed by atoms with van der Waals surface area (Å²) in [6.45, 7) is 10.2. The van der Waals surface area contributed by atoms with Gasteiger partial charge in [0.25, 0.3) is 5.91 Å². The number of morpholine rings is 1. The molecule has 1 saturated heterocycles. The maximum absolute atomic E-state index is 13.1. The zero-order chi connectivity index (χ0) is 24.2. The quantitative estimate of drug-likeness (QED) is 0.490. The van der Waals surface area contributed by atoms with Crippen molar-refractivity contribution in [1.82, 2.24) is 24.2 Å². The van der Waals surface area contributed by atoms with Crippen molar-refractivity contribution in [3.8, 4) is 5.75 Å². The third-order valence-corrected chi connectivity index (χ3v) is 5.70. The average Bonchev–Trinajstić information content (AvgIpc) is 3.38. The molecule has 0 aliphatic carbocycles. The molecule has 0 unspecified atom stereocenters. The third kappa shape index (κ3) is 4.90. The number of nitrogens with one attached hydrogen (secondary N) is 1. The predicted octanol–water partition coefficient (Wildman–Crippen LogP) is 1.99. The molecule has 1 aliphatic heterocycles. The molecule has 0 bridgehead atoms. The highest BCUT2D eigenvalue weighted by atomic mass is 16.5. The molecule has 3 N–H and O–H groups in total. The van der Waals surface area contributed by atoms with Crippen LogP contribution in [0.3, 0.4) is 0 Å². The van der Waals surface area contributed by atoms with Gasteiger partial charge in [0, 0.05) is 31.7 Å². The number of hydrogen-bond acceptors (Lipinski definition) is 7. The van der Waals surface area contributed by atoms with Crippen LogP contribution < -0.4 is 15.8 Å². The Morgan fingerprint density at radius 1 is 1.21 bits per heavy atom. The lowest BCUT2D eigenvalue weighted by atomic mass is 10.1. The first kappa shape index (κ1) is 23.7. The number of amides is 2. The summed E-state index contributed by atoms with van der Waals surface area (Å²) in [5.41, 5.74) is 8.31. The first-order valence-electron chi connectivity index (χ1n) is 11.5. The number of primary amides is 1. The van der Waals surface area contributed by atoms with Crippen LogP contribution >= 0.6 is 0 Å². The second-order valence-corrected chi connectivity index (χ2v) is 8.24. The summed E-state index contributed by atoms with van der Waals surface area (Å²) in [6, 6.07) is 5.01. The molecule has 2 aromatic heterocycles. The van der Waals surface area contributed by atoms with E-state index in [2.05, 4.69) is 20.3 Å². The molecule has 0 saturated carbocycles. The molecule has 2 amide bonds. The number of fused-ring (bicyclic) bond motifs is 1. The van der Waals surface area contributed by atoms with Crippen LogP contribution in [0.25, 0.3) is 11.0 Å². The summed E-state index contributed by atoms with van der Waals surface area (Å²) in [5.74, 6) is -0.00743. The maximum Gasteiger partial charge on any atom is 0.276 e. The molecular weight excluding hydrogens is 438 g/mol. The maximum atomic E-state index is 13.1. The number of hydrogen-bond donors (Lipinski definition) is 2. The molecule has 0 radical (unpaired) electrons. The monoisotopic (exact) mass is 469 g/mol. The van der Waals surface area contributed by atoms with Crippen LogP contribution in [0.15, 0.2) is 18.2 Å². The van der Waals surface area contributed by atoms with E-state index in [0.29, 0.717) is 67.0 Å². The van der Waals surface area contributed by atoms with Gasteiger partial charge in [0.2, 0.25) is 11.9 Å². The number of aromatic nitrogens is 4. The lowest BCUT2D eigenvalue weighted by Gasteiger charge is -2.26. The van der Waals surface area contributed by atoms with E-state index in [4.69, 9.17) is 15.2 Å². The molecule has 4 rings (SSSR count). The van der Waals surface area contributed by atoms with Crippen LogP contribution in [0.2, 0.25) is 0 Å². The number of carbonyl (C=O) groups is 2. The van der Waals surface area contributed by atoms with Crippen LogP contribution in [0.5, 0.6) is 5.75 Å². The van der Waals surface area contributed by atoms with Crippen LogP contribution in [0, 0.1) is 6.92 Å². The molecule has 3 aromatic rings. The van der Waals surface area contributed by atoms with Crippen molar-refractivity contribution < 1.29 is 19.1 Å². The molecule has 3 heterocycles. The van der Waals surface area contributed by atoms with Crippen molar-refractivity contribution in [1.29, 1.82) is 0 Å². The number of benzene rings is 1. The molecule has 182 valence electrons. The smallest absolute Gasteiger partial charge is 0.276 e. The van der Waals surface area contributed by atoms with Gasteiger partial charge >= 0.3 is 0 Å². The van der Waals surface area contributed by atoms with Gasteiger partial charge in [-0.05, 0) is 38.5 Å². The molecule has 1 fully saturated rings. The van der Waals surface area contributed by atoms with Crippen LogP contribution in [-0.2, 0) is 17.8 Å². The molecule has 1 aliphatic rings. The van der Waals surface area contributed by atoms with Crippen LogP contribution in [0.1, 0.15) is 46.8 Å². The van der Waals surface area contributed by atoms with E-state index < -0.39 is 5.91 Å². The molecular formula is C23H31N7O4. The summed E-state index contributed by atoms with van der Waals surface area (Å²) >= 11 is 0. The van der Waals surface area contributed by atoms with Crippen LogP contribution in [-0.4, -0.2) is 69.1 Å². The Hall–Kier alpha value is -3.44. The molecule has 0 spiro atoms. The van der Waals surface area contributed by atoms with Gasteiger partial charge < -0.3 is 19.8 Å².